The highest BCUT2D eigenvalue weighted by Gasteiger charge is 2.28. The second-order valence-electron chi connectivity index (χ2n) is 7.84. The Morgan fingerprint density at radius 3 is 2.26 bits per heavy atom. The largest absolute Gasteiger partial charge is 0.481 e. The number of carboxylic acid groups (broad SMARTS) is 2. The molecular formula is C22H30N4O8. The van der Waals surface area contributed by atoms with Crippen LogP contribution in [0.5, 0.6) is 0 Å². The van der Waals surface area contributed by atoms with Gasteiger partial charge >= 0.3 is 11.9 Å². The van der Waals surface area contributed by atoms with Crippen molar-refractivity contribution in [3.8, 4) is 0 Å². The summed E-state index contributed by atoms with van der Waals surface area (Å²) in [5.74, 6) is -4.96. The van der Waals surface area contributed by atoms with Crippen molar-refractivity contribution in [1.29, 1.82) is 0 Å². The van der Waals surface area contributed by atoms with E-state index in [2.05, 4.69) is 21.3 Å². The summed E-state index contributed by atoms with van der Waals surface area (Å²) < 4.78 is 5.48. The maximum Gasteiger partial charge on any atom is 0.326 e. The molecule has 1 fully saturated rings. The van der Waals surface area contributed by atoms with Gasteiger partial charge in [0.15, 0.2) is 0 Å². The van der Waals surface area contributed by atoms with E-state index in [1.165, 1.54) is 0 Å². The van der Waals surface area contributed by atoms with E-state index >= 15 is 0 Å². The lowest BCUT2D eigenvalue weighted by Gasteiger charge is -2.22. The molecule has 3 amide bonds. The predicted octanol–water partition coefficient (Wildman–Crippen LogP) is -1.36. The smallest absolute Gasteiger partial charge is 0.326 e. The summed E-state index contributed by atoms with van der Waals surface area (Å²) in [6.45, 7) is 0.882. The van der Waals surface area contributed by atoms with Crippen molar-refractivity contribution in [3.63, 3.8) is 0 Å². The fourth-order valence-corrected chi connectivity index (χ4v) is 3.34. The van der Waals surface area contributed by atoms with Gasteiger partial charge in [0, 0.05) is 6.42 Å². The number of aliphatic carboxylic acids is 2. The molecule has 186 valence electrons. The minimum Gasteiger partial charge on any atom is -0.481 e. The van der Waals surface area contributed by atoms with Gasteiger partial charge in [-0.25, -0.2) is 4.79 Å². The number of carbonyl (C=O) groups excluding carboxylic acids is 3. The quantitative estimate of drug-likeness (QED) is 0.199. The first kappa shape index (κ1) is 26.7. The molecule has 1 heterocycles. The average molecular weight is 479 g/mol. The van der Waals surface area contributed by atoms with Gasteiger partial charge < -0.3 is 36.2 Å². The molecule has 1 saturated heterocycles. The zero-order chi connectivity index (χ0) is 24.9. The van der Waals surface area contributed by atoms with Gasteiger partial charge in [0.05, 0.1) is 19.1 Å². The van der Waals surface area contributed by atoms with Crippen molar-refractivity contribution in [2.24, 2.45) is 0 Å². The van der Waals surface area contributed by atoms with Gasteiger partial charge in [0.25, 0.3) is 0 Å². The van der Waals surface area contributed by atoms with E-state index in [1.807, 2.05) is 0 Å². The van der Waals surface area contributed by atoms with Crippen LogP contribution in [0.3, 0.4) is 0 Å². The second kappa shape index (κ2) is 13.9. The van der Waals surface area contributed by atoms with Crippen molar-refractivity contribution in [3.05, 3.63) is 35.9 Å². The lowest BCUT2D eigenvalue weighted by atomic mass is 10.1. The van der Waals surface area contributed by atoms with Crippen LogP contribution in [0.1, 0.15) is 24.8 Å². The standard InChI is InChI=1S/C22H30N4O8/c27-18(12-24-19(28)13-34-15-6-8-23-9-7-15)25-16(11-20(29)30)21(31)26-17(22(32)33)10-14-4-2-1-3-5-14/h1-5,15-17,23H,6-13H2,(H,24,28)(H,25,27)(H,26,31)(H,29,30)(H,32,33)/t16-,17-/m0/s1. The highest BCUT2D eigenvalue weighted by Crippen LogP contribution is 2.07. The van der Waals surface area contributed by atoms with Crippen LogP contribution >= 0.6 is 0 Å². The van der Waals surface area contributed by atoms with Gasteiger partial charge in [0.2, 0.25) is 17.7 Å². The first-order valence-electron chi connectivity index (χ1n) is 10.9. The highest BCUT2D eigenvalue weighted by atomic mass is 16.5. The zero-order valence-corrected chi connectivity index (χ0v) is 18.6. The maximum atomic E-state index is 12.6. The molecule has 0 bridgehead atoms. The highest BCUT2D eigenvalue weighted by molar-refractivity contribution is 5.94. The second-order valence-corrected chi connectivity index (χ2v) is 7.84. The van der Waals surface area contributed by atoms with Crippen LogP contribution in [0.4, 0.5) is 0 Å². The van der Waals surface area contributed by atoms with Gasteiger partial charge in [-0.3, -0.25) is 19.2 Å². The van der Waals surface area contributed by atoms with Gasteiger partial charge in [-0.2, -0.15) is 0 Å². The fourth-order valence-electron chi connectivity index (χ4n) is 3.34. The molecule has 2 atom stereocenters. The Morgan fingerprint density at radius 1 is 0.971 bits per heavy atom. The number of amides is 3. The lowest BCUT2D eigenvalue weighted by molar-refractivity contribution is -0.143. The first-order valence-corrected chi connectivity index (χ1v) is 10.9. The molecule has 1 aliphatic rings. The number of carboxylic acids is 2. The molecule has 0 unspecified atom stereocenters. The minimum atomic E-state index is -1.52. The lowest BCUT2D eigenvalue weighted by Crippen LogP contribution is -2.54. The van der Waals surface area contributed by atoms with E-state index in [0.29, 0.717) is 5.56 Å². The molecule has 1 aromatic carbocycles. The Kier molecular flexibility index (Phi) is 10.9. The third-order valence-corrected chi connectivity index (χ3v) is 5.11. The SMILES string of the molecule is O=C(O)C[C@H](NC(=O)CNC(=O)COC1CCNCC1)C(=O)N[C@@H](Cc1ccccc1)C(=O)O. The topological polar surface area (TPSA) is 183 Å². The van der Waals surface area contributed by atoms with Crippen molar-refractivity contribution in [1.82, 2.24) is 21.3 Å². The van der Waals surface area contributed by atoms with E-state index in [-0.39, 0.29) is 19.1 Å². The third-order valence-electron chi connectivity index (χ3n) is 5.11. The number of hydrogen-bond acceptors (Lipinski definition) is 7. The summed E-state index contributed by atoms with van der Waals surface area (Å²) in [6.07, 6.45) is 0.732. The molecule has 0 saturated carbocycles. The summed E-state index contributed by atoms with van der Waals surface area (Å²) in [5.41, 5.74) is 0.656. The summed E-state index contributed by atoms with van der Waals surface area (Å²) in [6, 6.07) is 5.73. The molecule has 0 radical (unpaired) electrons. The number of rotatable bonds is 13. The monoisotopic (exact) mass is 478 g/mol. The first-order chi connectivity index (χ1) is 16.2. The molecule has 0 spiro atoms. The van der Waals surface area contributed by atoms with Gasteiger partial charge in [0.1, 0.15) is 18.7 Å². The van der Waals surface area contributed by atoms with Crippen LogP contribution in [0.15, 0.2) is 30.3 Å². The Morgan fingerprint density at radius 2 is 1.65 bits per heavy atom. The molecule has 1 aliphatic heterocycles. The van der Waals surface area contributed by atoms with Crippen LogP contribution in [0.2, 0.25) is 0 Å². The van der Waals surface area contributed by atoms with Crippen LogP contribution in [-0.4, -0.2) is 84.3 Å². The summed E-state index contributed by atoms with van der Waals surface area (Å²) in [4.78, 5) is 59.4. The van der Waals surface area contributed by atoms with Crippen LogP contribution < -0.4 is 21.3 Å². The average Bonchev–Trinajstić information content (AvgIpc) is 2.81. The number of carbonyl (C=O) groups is 5. The zero-order valence-electron chi connectivity index (χ0n) is 18.6. The van der Waals surface area contributed by atoms with Crippen molar-refractivity contribution in [2.75, 3.05) is 26.2 Å². The maximum absolute atomic E-state index is 12.6. The van der Waals surface area contributed by atoms with Crippen molar-refractivity contribution >= 4 is 29.7 Å². The molecule has 0 aliphatic carbocycles. The van der Waals surface area contributed by atoms with E-state index in [0.717, 1.165) is 25.9 Å². The fraction of sp³-hybridized carbons (Fsp3) is 0.500. The van der Waals surface area contributed by atoms with E-state index in [4.69, 9.17) is 9.84 Å². The third kappa shape index (κ3) is 9.96. The number of piperidine rings is 1. The molecule has 1 aromatic rings. The van der Waals surface area contributed by atoms with Crippen molar-refractivity contribution in [2.45, 2.75) is 43.9 Å². The van der Waals surface area contributed by atoms with E-state index in [1.54, 1.807) is 30.3 Å². The molecule has 12 nitrogen and oxygen atoms in total. The van der Waals surface area contributed by atoms with Gasteiger partial charge in [-0.15, -0.1) is 0 Å². The molecule has 6 N–H and O–H groups in total. The number of benzene rings is 1. The summed E-state index contributed by atoms with van der Waals surface area (Å²) in [7, 11) is 0. The Bertz CT molecular complexity index is 858. The molecular weight excluding hydrogens is 448 g/mol. The summed E-state index contributed by atoms with van der Waals surface area (Å²) in [5, 5.41) is 28.6. The van der Waals surface area contributed by atoms with Crippen LogP contribution in [-0.2, 0) is 35.1 Å². The normalized spacial score (nSPS) is 15.5. The molecule has 2 rings (SSSR count). The molecule has 34 heavy (non-hydrogen) atoms. The number of ether oxygens (including phenoxy) is 1. The Labute approximate surface area is 196 Å². The number of hydrogen-bond donors (Lipinski definition) is 6. The molecule has 0 aromatic heterocycles. The van der Waals surface area contributed by atoms with E-state index < -0.39 is 54.7 Å². The Balaban J connectivity index is 1.85. The van der Waals surface area contributed by atoms with Crippen LogP contribution in [0.25, 0.3) is 0 Å². The van der Waals surface area contributed by atoms with Crippen molar-refractivity contribution < 1.29 is 38.9 Å². The summed E-state index contributed by atoms with van der Waals surface area (Å²) >= 11 is 0. The van der Waals surface area contributed by atoms with Crippen LogP contribution in [0, 0.1) is 0 Å². The Hall–Kier alpha value is -3.51. The number of nitrogens with one attached hydrogen (secondary N) is 4. The molecule has 12 heteroatoms. The predicted molar refractivity (Wildman–Crippen MR) is 119 cm³/mol. The van der Waals surface area contributed by atoms with Gasteiger partial charge in [-0.05, 0) is 31.5 Å². The minimum absolute atomic E-state index is 0.0250. The van der Waals surface area contributed by atoms with E-state index in [9.17, 15) is 29.1 Å². The van der Waals surface area contributed by atoms with Gasteiger partial charge in [-0.1, -0.05) is 30.3 Å².